The summed E-state index contributed by atoms with van der Waals surface area (Å²) >= 11 is 0. The summed E-state index contributed by atoms with van der Waals surface area (Å²) in [7, 11) is 0. The average molecular weight is 137 g/mol. The maximum atomic E-state index is 10.5. The maximum Gasteiger partial charge on any atom is 0.265 e. The first kappa shape index (κ1) is 6.67. The number of carbonyl (C=O) groups excluding carboxylic acids is 1. The number of rotatable bonds is 1. The molecule has 1 aliphatic heterocycles. The Morgan fingerprint density at radius 2 is 2.50 bits per heavy atom. The molecule has 0 saturated heterocycles. The van der Waals surface area contributed by atoms with Crippen molar-refractivity contribution in [3.63, 3.8) is 0 Å². The normalized spacial score (nSPS) is 16.2. The summed E-state index contributed by atoms with van der Waals surface area (Å²) in [5, 5.41) is 0. The van der Waals surface area contributed by atoms with Crippen LogP contribution >= 0.6 is 0 Å². The van der Waals surface area contributed by atoms with Gasteiger partial charge in [-0.25, -0.2) is 0 Å². The van der Waals surface area contributed by atoms with E-state index >= 15 is 0 Å². The molecule has 0 spiro atoms. The summed E-state index contributed by atoms with van der Waals surface area (Å²) < 4.78 is 0. The molecule has 0 atom stereocenters. The van der Waals surface area contributed by atoms with Gasteiger partial charge in [-0.05, 0) is 6.08 Å². The third kappa shape index (κ3) is 1.51. The molecule has 0 unspecified atom stereocenters. The zero-order valence-electron chi connectivity index (χ0n) is 5.32. The highest BCUT2D eigenvalue weighted by molar-refractivity contribution is 6.39. The van der Waals surface area contributed by atoms with Gasteiger partial charge in [0.15, 0.2) is 0 Å². The Bertz CT molecular complexity index is 227. The zero-order chi connectivity index (χ0) is 7.40. The molecule has 0 saturated carbocycles. The van der Waals surface area contributed by atoms with Crippen LogP contribution in [0.5, 0.6) is 0 Å². The molecule has 0 aromatic rings. The molecule has 4 heteroatoms. The number of nitrogens with two attached hydrogens (primary N) is 1. The Labute approximate surface area is 58.2 Å². The lowest BCUT2D eigenvalue weighted by Gasteiger charge is -1.91. The second-order valence-electron chi connectivity index (χ2n) is 1.77. The lowest BCUT2D eigenvalue weighted by molar-refractivity contribution is -0.112. The Balaban J connectivity index is 2.78. The van der Waals surface area contributed by atoms with Crippen LogP contribution in [0.25, 0.3) is 0 Å². The Morgan fingerprint density at radius 1 is 1.70 bits per heavy atom. The van der Waals surface area contributed by atoms with Crippen LogP contribution in [0.4, 0.5) is 0 Å². The van der Waals surface area contributed by atoms with E-state index in [2.05, 4.69) is 9.98 Å². The van der Waals surface area contributed by atoms with E-state index in [1.807, 2.05) is 0 Å². The van der Waals surface area contributed by atoms with E-state index in [9.17, 15) is 4.79 Å². The van der Waals surface area contributed by atoms with Gasteiger partial charge in [0.2, 0.25) is 0 Å². The number of nitrogens with zero attached hydrogens (tertiary/aromatic N) is 2. The summed E-state index contributed by atoms with van der Waals surface area (Å²) in [5.41, 5.74) is 5.26. The highest BCUT2D eigenvalue weighted by Crippen LogP contribution is 1.86. The number of primary amides is 1. The molecule has 1 aliphatic rings. The Kier molecular flexibility index (Phi) is 1.94. The van der Waals surface area contributed by atoms with Gasteiger partial charge in [0.25, 0.3) is 5.91 Å². The smallest absolute Gasteiger partial charge is 0.265 e. The van der Waals surface area contributed by atoms with E-state index in [0.29, 0.717) is 5.71 Å². The fourth-order valence-electron chi connectivity index (χ4n) is 0.554. The van der Waals surface area contributed by atoms with Crippen molar-refractivity contribution in [1.82, 2.24) is 0 Å². The lowest BCUT2D eigenvalue weighted by Crippen LogP contribution is -2.25. The van der Waals surface area contributed by atoms with E-state index in [0.717, 1.165) is 0 Å². The monoisotopic (exact) mass is 137 g/mol. The lowest BCUT2D eigenvalue weighted by atomic mass is 10.3. The summed E-state index contributed by atoms with van der Waals surface area (Å²) in [6.45, 7) is 0.280. The van der Waals surface area contributed by atoms with Crippen LogP contribution in [0, 0.1) is 0 Å². The predicted octanol–water partition coefficient (Wildman–Crippen LogP) is -0.489. The van der Waals surface area contributed by atoms with Crippen molar-refractivity contribution >= 4 is 17.8 Å². The van der Waals surface area contributed by atoms with Crippen LogP contribution < -0.4 is 5.73 Å². The SMILES string of the molecule is NC(=O)C1=NC=CC=NC1. The zero-order valence-corrected chi connectivity index (χ0v) is 5.32. The molecular weight excluding hydrogens is 130 g/mol. The molecule has 0 aromatic heterocycles. The first-order chi connectivity index (χ1) is 4.80. The Morgan fingerprint density at radius 3 is 3.20 bits per heavy atom. The van der Waals surface area contributed by atoms with Crippen LogP contribution in [-0.2, 0) is 4.79 Å². The van der Waals surface area contributed by atoms with Crippen molar-refractivity contribution in [2.45, 2.75) is 0 Å². The van der Waals surface area contributed by atoms with Crippen molar-refractivity contribution in [3.8, 4) is 0 Å². The van der Waals surface area contributed by atoms with Crippen LogP contribution in [0.1, 0.15) is 0 Å². The fraction of sp³-hybridized carbons (Fsp3) is 0.167. The molecule has 1 heterocycles. The number of allylic oxidation sites excluding steroid dienone is 1. The molecular formula is C6H7N3O. The summed E-state index contributed by atoms with van der Waals surface area (Å²) in [6.07, 6.45) is 4.73. The minimum absolute atomic E-state index is 0.280. The first-order valence-corrected chi connectivity index (χ1v) is 2.82. The minimum Gasteiger partial charge on any atom is -0.364 e. The van der Waals surface area contributed by atoms with Crippen molar-refractivity contribution in [3.05, 3.63) is 12.3 Å². The van der Waals surface area contributed by atoms with E-state index in [1.54, 1.807) is 12.3 Å². The molecule has 0 bridgehead atoms. The third-order valence-corrected chi connectivity index (χ3v) is 1.03. The van der Waals surface area contributed by atoms with Gasteiger partial charge in [-0.3, -0.25) is 14.8 Å². The molecule has 52 valence electrons. The molecule has 1 amide bonds. The van der Waals surface area contributed by atoms with Gasteiger partial charge >= 0.3 is 0 Å². The number of hydrogen-bond donors (Lipinski definition) is 1. The molecule has 0 fully saturated rings. The molecule has 10 heavy (non-hydrogen) atoms. The van der Waals surface area contributed by atoms with Crippen molar-refractivity contribution < 1.29 is 4.79 Å². The summed E-state index contributed by atoms with van der Waals surface area (Å²) in [5.74, 6) is -0.510. The van der Waals surface area contributed by atoms with Gasteiger partial charge in [-0.2, -0.15) is 0 Å². The van der Waals surface area contributed by atoms with E-state index in [1.165, 1.54) is 6.20 Å². The van der Waals surface area contributed by atoms with Crippen molar-refractivity contribution in [2.75, 3.05) is 6.54 Å². The Hall–Kier alpha value is -1.45. The minimum atomic E-state index is -0.510. The largest absolute Gasteiger partial charge is 0.364 e. The maximum absolute atomic E-state index is 10.5. The molecule has 0 aromatic carbocycles. The van der Waals surface area contributed by atoms with Gasteiger partial charge in [0, 0.05) is 12.4 Å². The molecule has 4 nitrogen and oxygen atoms in total. The number of hydrogen-bond acceptors (Lipinski definition) is 3. The van der Waals surface area contributed by atoms with Gasteiger partial charge in [0.05, 0.1) is 6.54 Å². The van der Waals surface area contributed by atoms with Crippen LogP contribution in [0.3, 0.4) is 0 Å². The topological polar surface area (TPSA) is 67.8 Å². The van der Waals surface area contributed by atoms with Gasteiger partial charge in [0.1, 0.15) is 5.71 Å². The predicted molar refractivity (Wildman–Crippen MR) is 39.1 cm³/mol. The van der Waals surface area contributed by atoms with E-state index < -0.39 is 5.91 Å². The number of amides is 1. The molecule has 1 rings (SSSR count). The quantitative estimate of drug-likeness (QED) is 0.520. The second-order valence-corrected chi connectivity index (χ2v) is 1.77. The number of carbonyl (C=O) groups is 1. The van der Waals surface area contributed by atoms with Crippen molar-refractivity contribution in [2.24, 2.45) is 15.7 Å². The van der Waals surface area contributed by atoms with Crippen LogP contribution in [-0.4, -0.2) is 24.4 Å². The summed E-state index contributed by atoms with van der Waals surface area (Å²) in [4.78, 5) is 18.1. The van der Waals surface area contributed by atoms with Crippen molar-refractivity contribution in [1.29, 1.82) is 0 Å². The highest BCUT2D eigenvalue weighted by atomic mass is 16.1. The van der Waals surface area contributed by atoms with Crippen LogP contribution in [0.15, 0.2) is 22.3 Å². The first-order valence-electron chi connectivity index (χ1n) is 2.82. The van der Waals surface area contributed by atoms with Gasteiger partial charge in [-0.15, -0.1) is 0 Å². The average Bonchev–Trinajstić information content (AvgIpc) is 2.12. The fourth-order valence-corrected chi connectivity index (χ4v) is 0.554. The van der Waals surface area contributed by atoms with Crippen LogP contribution in [0.2, 0.25) is 0 Å². The third-order valence-electron chi connectivity index (χ3n) is 1.03. The van der Waals surface area contributed by atoms with E-state index in [4.69, 9.17) is 5.73 Å². The van der Waals surface area contributed by atoms with E-state index in [-0.39, 0.29) is 6.54 Å². The van der Waals surface area contributed by atoms with Gasteiger partial charge < -0.3 is 5.73 Å². The standard InChI is InChI=1S/C6H7N3O/c7-6(10)5-4-8-2-1-3-9-5/h1-3H,4H2,(H2,7,10). The molecule has 0 aliphatic carbocycles. The second kappa shape index (κ2) is 2.91. The highest BCUT2D eigenvalue weighted by Gasteiger charge is 2.04. The number of aliphatic imine (C=N–C) groups is 2. The van der Waals surface area contributed by atoms with Gasteiger partial charge in [-0.1, -0.05) is 0 Å². The molecule has 2 N–H and O–H groups in total. The summed E-state index contributed by atoms with van der Waals surface area (Å²) in [6, 6.07) is 0. The molecule has 0 radical (unpaired) electrons.